The average molecular weight is 346 g/mol. The molecule has 6 heteroatoms. The second kappa shape index (κ2) is 9.08. The standard InChI is InChI=1S/C18H22N2O3S/c1-13(2)9-18(21)20-19-11-14-6-7-16(17(10-14)22-3)23-12-15-5-4-8-24-15/h4-8,10-11,13H,9,12H2,1-3H3,(H,20,21)/b19-11-. The van der Waals surface area contributed by atoms with Gasteiger partial charge in [-0.25, -0.2) is 5.43 Å². The molecule has 0 atom stereocenters. The van der Waals surface area contributed by atoms with Crippen molar-refractivity contribution in [3.05, 3.63) is 46.2 Å². The van der Waals surface area contributed by atoms with Crippen molar-refractivity contribution in [2.24, 2.45) is 11.0 Å². The number of rotatable bonds is 8. The molecule has 0 saturated carbocycles. The van der Waals surface area contributed by atoms with Crippen LogP contribution in [0.2, 0.25) is 0 Å². The Bertz CT molecular complexity index is 682. The Labute approximate surface area is 146 Å². The molecule has 1 N–H and O–H groups in total. The highest BCUT2D eigenvalue weighted by molar-refractivity contribution is 7.09. The molecule has 128 valence electrons. The molecule has 1 heterocycles. The van der Waals surface area contributed by atoms with Gasteiger partial charge in [0.25, 0.3) is 0 Å². The van der Waals surface area contributed by atoms with Crippen LogP contribution >= 0.6 is 11.3 Å². The summed E-state index contributed by atoms with van der Waals surface area (Å²) in [5, 5.41) is 5.98. The van der Waals surface area contributed by atoms with Gasteiger partial charge in [0.1, 0.15) is 6.61 Å². The first-order valence-corrected chi connectivity index (χ1v) is 8.61. The number of carbonyl (C=O) groups is 1. The Morgan fingerprint density at radius 1 is 1.33 bits per heavy atom. The van der Waals surface area contributed by atoms with E-state index < -0.39 is 0 Å². The zero-order chi connectivity index (χ0) is 17.4. The minimum atomic E-state index is -0.0934. The van der Waals surface area contributed by atoms with Crippen LogP contribution in [0.1, 0.15) is 30.7 Å². The van der Waals surface area contributed by atoms with Crippen LogP contribution in [0.4, 0.5) is 0 Å². The Balaban J connectivity index is 1.96. The minimum absolute atomic E-state index is 0.0934. The Hall–Kier alpha value is -2.34. The third kappa shape index (κ3) is 5.70. The molecule has 1 amide bonds. The third-order valence-corrected chi connectivity index (χ3v) is 3.98. The van der Waals surface area contributed by atoms with Crippen LogP contribution < -0.4 is 14.9 Å². The molecular weight excluding hydrogens is 324 g/mol. The van der Waals surface area contributed by atoms with E-state index in [1.807, 2.05) is 49.6 Å². The van der Waals surface area contributed by atoms with Crippen molar-refractivity contribution in [3.63, 3.8) is 0 Å². The first-order chi connectivity index (χ1) is 11.6. The van der Waals surface area contributed by atoms with E-state index in [1.165, 1.54) is 0 Å². The van der Waals surface area contributed by atoms with Crippen molar-refractivity contribution in [1.82, 2.24) is 5.43 Å². The molecule has 0 aliphatic heterocycles. The maximum absolute atomic E-state index is 11.6. The SMILES string of the molecule is COc1cc(/C=N\NC(=O)CC(C)C)ccc1OCc1cccs1. The van der Waals surface area contributed by atoms with Crippen molar-refractivity contribution in [2.45, 2.75) is 26.9 Å². The van der Waals surface area contributed by atoms with Crippen LogP contribution in [-0.2, 0) is 11.4 Å². The van der Waals surface area contributed by atoms with E-state index in [2.05, 4.69) is 10.5 Å². The van der Waals surface area contributed by atoms with Gasteiger partial charge in [-0.1, -0.05) is 19.9 Å². The van der Waals surface area contributed by atoms with Crippen LogP contribution in [0.25, 0.3) is 0 Å². The topological polar surface area (TPSA) is 59.9 Å². The molecule has 1 aromatic heterocycles. The van der Waals surface area contributed by atoms with Crippen molar-refractivity contribution in [2.75, 3.05) is 7.11 Å². The summed E-state index contributed by atoms with van der Waals surface area (Å²) in [5.41, 5.74) is 3.34. The fraction of sp³-hybridized carbons (Fsp3) is 0.333. The monoisotopic (exact) mass is 346 g/mol. The highest BCUT2D eigenvalue weighted by Crippen LogP contribution is 2.28. The van der Waals surface area contributed by atoms with Crippen LogP contribution in [0, 0.1) is 5.92 Å². The van der Waals surface area contributed by atoms with Gasteiger partial charge in [-0.3, -0.25) is 4.79 Å². The van der Waals surface area contributed by atoms with Gasteiger partial charge in [0.05, 0.1) is 13.3 Å². The van der Waals surface area contributed by atoms with Gasteiger partial charge in [0, 0.05) is 11.3 Å². The number of nitrogens with zero attached hydrogens (tertiary/aromatic N) is 1. The number of thiophene rings is 1. The third-order valence-electron chi connectivity index (χ3n) is 3.13. The molecule has 0 unspecified atom stereocenters. The zero-order valence-electron chi connectivity index (χ0n) is 14.1. The molecule has 0 fully saturated rings. The van der Waals surface area contributed by atoms with Gasteiger partial charge < -0.3 is 9.47 Å². The van der Waals surface area contributed by atoms with Gasteiger partial charge >= 0.3 is 0 Å². The molecule has 0 aliphatic carbocycles. The lowest BCUT2D eigenvalue weighted by Gasteiger charge is -2.10. The van der Waals surface area contributed by atoms with Crippen LogP contribution in [0.3, 0.4) is 0 Å². The molecule has 0 spiro atoms. The van der Waals surface area contributed by atoms with E-state index in [-0.39, 0.29) is 5.91 Å². The maximum atomic E-state index is 11.6. The van der Waals surface area contributed by atoms with Crippen molar-refractivity contribution in [1.29, 1.82) is 0 Å². The molecular formula is C18H22N2O3S. The van der Waals surface area contributed by atoms with E-state index in [9.17, 15) is 4.79 Å². The second-order valence-electron chi connectivity index (χ2n) is 5.67. The van der Waals surface area contributed by atoms with Crippen LogP contribution in [-0.4, -0.2) is 19.2 Å². The van der Waals surface area contributed by atoms with Gasteiger partial charge in [0.15, 0.2) is 11.5 Å². The number of hydrazone groups is 1. The lowest BCUT2D eigenvalue weighted by atomic mass is 10.1. The number of benzene rings is 1. The number of hydrogen-bond acceptors (Lipinski definition) is 5. The Morgan fingerprint density at radius 3 is 2.83 bits per heavy atom. The van der Waals surface area contributed by atoms with Crippen LogP contribution in [0.5, 0.6) is 11.5 Å². The highest BCUT2D eigenvalue weighted by atomic mass is 32.1. The summed E-state index contributed by atoms with van der Waals surface area (Å²) in [6, 6.07) is 9.54. The van der Waals surface area contributed by atoms with Gasteiger partial charge in [-0.15, -0.1) is 11.3 Å². The summed E-state index contributed by atoms with van der Waals surface area (Å²) in [5.74, 6) is 1.51. The number of methoxy groups -OCH3 is 1. The Kier molecular flexibility index (Phi) is 6.81. The number of hydrogen-bond donors (Lipinski definition) is 1. The van der Waals surface area contributed by atoms with Crippen molar-refractivity contribution in [3.8, 4) is 11.5 Å². The first kappa shape index (κ1) is 18.0. The Morgan fingerprint density at radius 2 is 2.17 bits per heavy atom. The molecule has 0 aliphatic rings. The number of carbonyl (C=O) groups excluding carboxylic acids is 1. The fourth-order valence-corrected chi connectivity index (χ4v) is 2.64. The lowest BCUT2D eigenvalue weighted by molar-refractivity contribution is -0.121. The molecule has 5 nitrogen and oxygen atoms in total. The van der Waals surface area contributed by atoms with E-state index in [0.717, 1.165) is 10.4 Å². The first-order valence-electron chi connectivity index (χ1n) is 7.73. The van der Waals surface area contributed by atoms with E-state index in [0.29, 0.717) is 30.4 Å². The molecule has 2 rings (SSSR count). The summed E-state index contributed by atoms with van der Waals surface area (Å²) in [7, 11) is 1.60. The zero-order valence-corrected chi connectivity index (χ0v) is 14.9. The van der Waals surface area contributed by atoms with E-state index in [4.69, 9.17) is 9.47 Å². The second-order valence-corrected chi connectivity index (χ2v) is 6.70. The lowest BCUT2D eigenvalue weighted by Crippen LogP contribution is -2.19. The largest absolute Gasteiger partial charge is 0.493 e. The van der Waals surface area contributed by atoms with Crippen LogP contribution in [0.15, 0.2) is 40.8 Å². The summed E-state index contributed by atoms with van der Waals surface area (Å²) < 4.78 is 11.2. The summed E-state index contributed by atoms with van der Waals surface area (Å²) in [6.07, 6.45) is 2.04. The minimum Gasteiger partial charge on any atom is -0.493 e. The molecule has 24 heavy (non-hydrogen) atoms. The smallest absolute Gasteiger partial charge is 0.240 e. The number of amides is 1. The number of ether oxygens (including phenoxy) is 2. The normalized spacial score (nSPS) is 11.0. The predicted octanol–water partition coefficient (Wildman–Crippen LogP) is 3.83. The highest BCUT2D eigenvalue weighted by Gasteiger charge is 2.06. The van der Waals surface area contributed by atoms with Crippen molar-refractivity contribution >= 4 is 23.5 Å². The van der Waals surface area contributed by atoms with Gasteiger partial charge in [0.2, 0.25) is 5.91 Å². The summed E-state index contributed by atoms with van der Waals surface area (Å²) >= 11 is 1.65. The van der Waals surface area contributed by atoms with E-state index in [1.54, 1.807) is 24.7 Å². The average Bonchev–Trinajstić information content (AvgIpc) is 3.06. The number of nitrogens with one attached hydrogen (secondary N) is 1. The van der Waals surface area contributed by atoms with Gasteiger partial charge in [-0.2, -0.15) is 5.10 Å². The fourth-order valence-electron chi connectivity index (χ4n) is 2.02. The van der Waals surface area contributed by atoms with Gasteiger partial charge in [-0.05, 0) is 41.1 Å². The van der Waals surface area contributed by atoms with E-state index >= 15 is 0 Å². The summed E-state index contributed by atoms with van der Waals surface area (Å²) in [6.45, 7) is 4.48. The quantitative estimate of drug-likeness (QED) is 0.584. The molecule has 1 aromatic carbocycles. The molecule has 0 saturated heterocycles. The molecule has 0 radical (unpaired) electrons. The maximum Gasteiger partial charge on any atom is 0.240 e. The van der Waals surface area contributed by atoms with Crippen molar-refractivity contribution < 1.29 is 14.3 Å². The molecule has 2 aromatic rings. The molecule has 0 bridgehead atoms. The predicted molar refractivity (Wildman–Crippen MR) is 96.8 cm³/mol. The summed E-state index contributed by atoms with van der Waals surface area (Å²) in [4.78, 5) is 12.7.